The predicted molar refractivity (Wildman–Crippen MR) is 128 cm³/mol. The summed E-state index contributed by atoms with van der Waals surface area (Å²) in [6.45, 7) is 7.95. The molecule has 1 amide bonds. The van der Waals surface area contributed by atoms with Crippen LogP contribution in [0.2, 0.25) is 0 Å². The van der Waals surface area contributed by atoms with E-state index in [9.17, 15) is 4.79 Å². The highest BCUT2D eigenvalue weighted by Crippen LogP contribution is 2.33. The second kappa shape index (κ2) is 9.67. The number of hydrogen-bond acceptors (Lipinski definition) is 5. The molecular weight excluding hydrogens is 416 g/mol. The first-order chi connectivity index (χ1) is 15.9. The van der Waals surface area contributed by atoms with Gasteiger partial charge in [0.25, 0.3) is 0 Å². The molecule has 0 spiro atoms. The van der Waals surface area contributed by atoms with E-state index < -0.39 is 5.54 Å². The molecule has 1 aromatic heterocycles. The second-order valence-electron chi connectivity index (χ2n) is 8.86. The quantitative estimate of drug-likeness (QED) is 0.552. The molecule has 1 fully saturated rings. The summed E-state index contributed by atoms with van der Waals surface area (Å²) in [4.78, 5) is 17.8. The average molecular weight is 449 g/mol. The van der Waals surface area contributed by atoms with Gasteiger partial charge in [0.15, 0.2) is 11.5 Å². The third kappa shape index (κ3) is 4.88. The summed E-state index contributed by atoms with van der Waals surface area (Å²) >= 11 is 0. The molecule has 0 radical (unpaired) electrons. The minimum Gasteiger partial charge on any atom is -0.493 e. The van der Waals surface area contributed by atoms with Gasteiger partial charge in [-0.2, -0.15) is 5.10 Å². The number of amides is 1. The van der Waals surface area contributed by atoms with Crippen molar-refractivity contribution in [3.63, 3.8) is 0 Å². The number of piperazine rings is 1. The fourth-order valence-corrected chi connectivity index (χ4v) is 4.23. The number of methoxy groups -OCH3 is 2. The lowest BCUT2D eigenvalue weighted by Gasteiger charge is -2.38. The van der Waals surface area contributed by atoms with Gasteiger partial charge < -0.3 is 14.4 Å². The number of rotatable bonds is 7. The van der Waals surface area contributed by atoms with Gasteiger partial charge >= 0.3 is 0 Å². The molecule has 4 rings (SSSR count). The van der Waals surface area contributed by atoms with Gasteiger partial charge in [-0.05, 0) is 37.1 Å². The first-order valence-corrected chi connectivity index (χ1v) is 11.3. The smallest absolute Gasteiger partial charge is 0.250 e. The largest absolute Gasteiger partial charge is 0.493 e. The maximum atomic E-state index is 13.4. The fraction of sp³-hybridized carbons (Fsp3) is 0.385. The van der Waals surface area contributed by atoms with Crippen LogP contribution in [0, 0.1) is 0 Å². The van der Waals surface area contributed by atoms with E-state index in [0.29, 0.717) is 11.5 Å². The van der Waals surface area contributed by atoms with E-state index in [1.165, 1.54) is 5.56 Å². The molecule has 0 bridgehead atoms. The molecule has 1 saturated heterocycles. The van der Waals surface area contributed by atoms with Gasteiger partial charge in [0.05, 0.1) is 20.4 Å². The molecule has 0 saturated carbocycles. The summed E-state index contributed by atoms with van der Waals surface area (Å²) in [5, 5.41) is 4.54. The van der Waals surface area contributed by atoms with E-state index in [4.69, 9.17) is 9.47 Å². The number of carbonyl (C=O) groups excluding carboxylic acids is 1. The number of carbonyl (C=O) groups is 1. The van der Waals surface area contributed by atoms with Crippen molar-refractivity contribution < 1.29 is 14.3 Å². The predicted octanol–water partition coefficient (Wildman–Crippen LogP) is 3.65. The molecule has 0 unspecified atom stereocenters. The molecular formula is C26H32N4O3. The lowest BCUT2D eigenvalue weighted by Crippen LogP contribution is -2.54. The van der Waals surface area contributed by atoms with E-state index in [1.54, 1.807) is 25.1 Å². The van der Waals surface area contributed by atoms with Crippen molar-refractivity contribution in [2.24, 2.45) is 0 Å². The van der Waals surface area contributed by atoms with Crippen LogP contribution in [0.3, 0.4) is 0 Å². The van der Waals surface area contributed by atoms with Gasteiger partial charge in [-0.1, -0.05) is 36.4 Å². The van der Waals surface area contributed by atoms with E-state index in [2.05, 4.69) is 34.3 Å². The van der Waals surface area contributed by atoms with Gasteiger partial charge in [-0.3, -0.25) is 14.4 Å². The summed E-state index contributed by atoms with van der Waals surface area (Å²) in [5.74, 6) is 1.42. The van der Waals surface area contributed by atoms with E-state index >= 15 is 0 Å². The molecule has 3 aromatic rings. The van der Waals surface area contributed by atoms with Crippen molar-refractivity contribution >= 4 is 5.91 Å². The molecule has 0 N–H and O–H groups in total. The molecule has 7 heteroatoms. The van der Waals surface area contributed by atoms with Crippen LogP contribution in [-0.4, -0.2) is 65.9 Å². The maximum Gasteiger partial charge on any atom is 0.250 e. The summed E-state index contributed by atoms with van der Waals surface area (Å²) in [5.41, 5.74) is 2.40. The van der Waals surface area contributed by atoms with Gasteiger partial charge in [0.1, 0.15) is 5.54 Å². The van der Waals surface area contributed by atoms with Crippen molar-refractivity contribution in [2.45, 2.75) is 25.9 Å². The molecule has 1 aliphatic rings. The van der Waals surface area contributed by atoms with Crippen molar-refractivity contribution in [1.29, 1.82) is 0 Å². The highest BCUT2D eigenvalue weighted by molar-refractivity contribution is 5.84. The third-order valence-corrected chi connectivity index (χ3v) is 6.30. The molecule has 174 valence electrons. The van der Waals surface area contributed by atoms with Crippen molar-refractivity contribution in [3.05, 3.63) is 66.5 Å². The first kappa shape index (κ1) is 22.9. The Bertz CT molecular complexity index is 1090. The van der Waals surface area contributed by atoms with Gasteiger partial charge in [-0.15, -0.1) is 0 Å². The Morgan fingerprint density at radius 3 is 2.30 bits per heavy atom. The number of nitrogens with zero attached hydrogens (tertiary/aromatic N) is 4. The van der Waals surface area contributed by atoms with Gasteiger partial charge in [-0.25, -0.2) is 0 Å². The van der Waals surface area contributed by atoms with E-state index in [-0.39, 0.29) is 5.91 Å². The Labute approximate surface area is 195 Å². The average Bonchev–Trinajstić information content (AvgIpc) is 3.35. The van der Waals surface area contributed by atoms with Crippen LogP contribution in [0.4, 0.5) is 0 Å². The van der Waals surface area contributed by atoms with Crippen LogP contribution >= 0.6 is 0 Å². The van der Waals surface area contributed by atoms with Gasteiger partial charge in [0, 0.05) is 44.5 Å². The zero-order chi connectivity index (χ0) is 23.4. The Balaban J connectivity index is 1.42. The number of ether oxygens (including phenoxy) is 2. The van der Waals surface area contributed by atoms with Gasteiger partial charge in [0.2, 0.25) is 5.91 Å². The topological polar surface area (TPSA) is 59.8 Å². The van der Waals surface area contributed by atoms with Crippen LogP contribution in [0.5, 0.6) is 11.5 Å². The summed E-state index contributed by atoms with van der Waals surface area (Å²) < 4.78 is 12.5. The SMILES string of the molecule is COc1ccc(-c2cnn(C(C)(C)C(=O)N3CCN(Cc4ccccc4)CC3)c2)cc1OC. The van der Waals surface area contributed by atoms with Crippen molar-refractivity contribution in [1.82, 2.24) is 19.6 Å². The van der Waals surface area contributed by atoms with Crippen LogP contribution in [0.15, 0.2) is 60.9 Å². The van der Waals surface area contributed by atoms with Crippen LogP contribution in [0.1, 0.15) is 19.4 Å². The molecule has 1 aliphatic heterocycles. The Kier molecular flexibility index (Phi) is 6.70. The zero-order valence-electron chi connectivity index (χ0n) is 19.8. The molecule has 33 heavy (non-hydrogen) atoms. The number of aromatic nitrogens is 2. The third-order valence-electron chi connectivity index (χ3n) is 6.30. The highest BCUT2D eigenvalue weighted by atomic mass is 16.5. The van der Waals surface area contributed by atoms with Crippen LogP contribution < -0.4 is 9.47 Å². The Morgan fingerprint density at radius 1 is 0.939 bits per heavy atom. The lowest BCUT2D eigenvalue weighted by molar-refractivity contribution is -0.141. The highest BCUT2D eigenvalue weighted by Gasteiger charge is 2.36. The van der Waals surface area contributed by atoms with Crippen molar-refractivity contribution in [2.75, 3.05) is 40.4 Å². The maximum absolute atomic E-state index is 13.4. The molecule has 2 aromatic carbocycles. The summed E-state index contributed by atoms with van der Waals surface area (Å²) in [6.07, 6.45) is 3.71. The Hall–Kier alpha value is -3.32. The molecule has 0 atom stereocenters. The number of benzene rings is 2. The molecule has 7 nitrogen and oxygen atoms in total. The molecule has 2 heterocycles. The zero-order valence-corrected chi connectivity index (χ0v) is 19.8. The van der Waals surface area contributed by atoms with E-state index in [1.807, 2.05) is 49.2 Å². The minimum atomic E-state index is -0.781. The fourth-order valence-electron chi connectivity index (χ4n) is 4.23. The molecule has 0 aliphatic carbocycles. The standard InChI is InChI=1S/C26H32N4O3/c1-26(2,25(31)29-14-12-28(13-15-29)18-20-8-6-5-7-9-20)30-19-22(17-27-30)21-10-11-23(32-3)24(16-21)33-4/h5-11,16-17,19H,12-15,18H2,1-4H3. The normalized spacial score (nSPS) is 14.8. The number of hydrogen-bond donors (Lipinski definition) is 0. The summed E-state index contributed by atoms with van der Waals surface area (Å²) in [7, 11) is 3.23. The monoisotopic (exact) mass is 448 g/mol. The van der Waals surface area contributed by atoms with Crippen LogP contribution in [-0.2, 0) is 16.9 Å². The Morgan fingerprint density at radius 2 is 1.64 bits per heavy atom. The second-order valence-corrected chi connectivity index (χ2v) is 8.86. The summed E-state index contributed by atoms with van der Waals surface area (Å²) in [6, 6.07) is 16.2. The minimum absolute atomic E-state index is 0.0869. The van der Waals surface area contributed by atoms with E-state index in [0.717, 1.165) is 43.9 Å². The van der Waals surface area contributed by atoms with Crippen LogP contribution in [0.25, 0.3) is 11.1 Å². The van der Waals surface area contributed by atoms with Crippen molar-refractivity contribution in [3.8, 4) is 22.6 Å². The lowest BCUT2D eigenvalue weighted by atomic mass is 10.0. The first-order valence-electron chi connectivity index (χ1n) is 11.3.